The largest absolute Gasteiger partial charge is 0.396 e. The second kappa shape index (κ2) is 6.63. The third kappa shape index (κ3) is 2.83. The number of hydrogen-bond donors (Lipinski definition) is 2. The molecule has 0 heterocycles. The van der Waals surface area contributed by atoms with E-state index in [0.29, 0.717) is 0 Å². The van der Waals surface area contributed by atoms with Crippen molar-refractivity contribution < 1.29 is 5.11 Å². The number of fused-ring (bicyclic) bond motifs is 1. The van der Waals surface area contributed by atoms with Gasteiger partial charge in [0.15, 0.2) is 0 Å². The van der Waals surface area contributed by atoms with Crippen LogP contribution in [0.15, 0.2) is 60.7 Å². The first-order chi connectivity index (χ1) is 10.8. The number of aliphatic hydroxyl groups is 1. The van der Waals surface area contributed by atoms with Crippen LogP contribution in [0.2, 0.25) is 0 Å². The zero-order valence-corrected chi connectivity index (χ0v) is 12.8. The fraction of sp³-hybridized carbons (Fsp3) is 0.200. The average Bonchev–Trinajstić information content (AvgIpc) is 2.59. The summed E-state index contributed by atoms with van der Waals surface area (Å²) in [5, 5.41) is 14.9. The Labute approximate surface area is 131 Å². The van der Waals surface area contributed by atoms with Crippen LogP contribution in [0.3, 0.4) is 0 Å². The van der Waals surface area contributed by atoms with Crippen LogP contribution in [0.25, 0.3) is 21.9 Å². The lowest BCUT2D eigenvalue weighted by atomic mass is 9.93. The molecular formula is C20H21NO. The molecule has 3 rings (SSSR count). The molecule has 2 N–H and O–H groups in total. The van der Waals surface area contributed by atoms with E-state index in [2.05, 4.69) is 66.0 Å². The summed E-state index contributed by atoms with van der Waals surface area (Å²) in [6.07, 6.45) is 1.67. The van der Waals surface area contributed by atoms with E-state index in [-0.39, 0.29) is 6.61 Å². The normalized spacial score (nSPS) is 10.8. The molecule has 0 saturated carbocycles. The summed E-state index contributed by atoms with van der Waals surface area (Å²) in [6.45, 7) is 0.223. The maximum atomic E-state index is 9.14. The molecule has 0 atom stereocenters. The average molecular weight is 291 g/mol. The van der Waals surface area contributed by atoms with Crippen LogP contribution in [0.4, 0.5) is 5.69 Å². The molecule has 0 saturated heterocycles. The van der Waals surface area contributed by atoms with Crippen molar-refractivity contribution in [2.75, 3.05) is 19.0 Å². The third-order valence-electron chi connectivity index (χ3n) is 4.06. The molecule has 22 heavy (non-hydrogen) atoms. The Balaban J connectivity index is 2.14. The number of benzene rings is 3. The SMILES string of the molecule is CNc1cccc(CCCO)c1-c1ccc2ccccc2c1. The monoisotopic (exact) mass is 291 g/mol. The Morgan fingerprint density at radius 3 is 2.50 bits per heavy atom. The zero-order chi connectivity index (χ0) is 15.4. The quantitative estimate of drug-likeness (QED) is 0.726. The van der Waals surface area contributed by atoms with Crippen molar-refractivity contribution in [1.82, 2.24) is 0 Å². The van der Waals surface area contributed by atoms with Crippen LogP contribution in [0.5, 0.6) is 0 Å². The lowest BCUT2D eigenvalue weighted by Gasteiger charge is -2.15. The summed E-state index contributed by atoms with van der Waals surface area (Å²) >= 11 is 0. The van der Waals surface area contributed by atoms with Gasteiger partial charge in [-0.1, -0.05) is 48.5 Å². The van der Waals surface area contributed by atoms with Crippen molar-refractivity contribution in [2.45, 2.75) is 12.8 Å². The van der Waals surface area contributed by atoms with Crippen LogP contribution in [0.1, 0.15) is 12.0 Å². The first-order valence-corrected chi connectivity index (χ1v) is 7.73. The second-order valence-electron chi connectivity index (χ2n) is 5.48. The minimum Gasteiger partial charge on any atom is -0.396 e. The highest BCUT2D eigenvalue weighted by Crippen LogP contribution is 2.34. The van der Waals surface area contributed by atoms with Crippen molar-refractivity contribution in [3.8, 4) is 11.1 Å². The Hall–Kier alpha value is -2.32. The molecule has 3 aromatic rings. The molecule has 0 aliphatic rings. The van der Waals surface area contributed by atoms with E-state index in [0.717, 1.165) is 18.5 Å². The van der Waals surface area contributed by atoms with Crippen molar-refractivity contribution in [1.29, 1.82) is 0 Å². The lowest BCUT2D eigenvalue weighted by molar-refractivity contribution is 0.288. The first kappa shape index (κ1) is 14.6. The van der Waals surface area contributed by atoms with Gasteiger partial charge in [0.25, 0.3) is 0 Å². The van der Waals surface area contributed by atoms with Crippen LogP contribution in [-0.2, 0) is 6.42 Å². The lowest BCUT2D eigenvalue weighted by Crippen LogP contribution is -1.98. The van der Waals surface area contributed by atoms with Crippen molar-refractivity contribution in [3.05, 3.63) is 66.2 Å². The number of nitrogens with one attached hydrogen (secondary N) is 1. The first-order valence-electron chi connectivity index (χ1n) is 7.73. The molecule has 0 unspecified atom stereocenters. The molecular weight excluding hydrogens is 270 g/mol. The summed E-state index contributed by atoms with van der Waals surface area (Å²) in [5.74, 6) is 0. The molecule has 2 nitrogen and oxygen atoms in total. The minimum absolute atomic E-state index is 0.223. The fourth-order valence-corrected chi connectivity index (χ4v) is 2.97. The molecule has 2 heteroatoms. The molecule has 0 aromatic heterocycles. The van der Waals surface area contributed by atoms with Gasteiger partial charge < -0.3 is 10.4 Å². The number of aliphatic hydroxyl groups excluding tert-OH is 1. The summed E-state index contributed by atoms with van der Waals surface area (Å²) in [4.78, 5) is 0. The number of aryl methyl sites for hydroxylation is 1. The standard InChI is InChI=1S/C20H21NO/c1-21-19-10-4-8-16(9-5-13-22)20(19)18-12-11-15-6-2-3-7-17(15)14-18/h2-4,6-8,10-12,14,21-22H,5,9,13H2,1H3. The van der Waals surface area contributed by atoms with E-state index in [1.54, 1.807) is 0 Å². The molecule has 0 fully saturated rings. The Morgan fingerprint density at radius 2 is 1.73 bits per heavy atom. The molecule has 0 bridgehead atoms. The van der Waals surface area contributed by atoms with E-state index < -0.39 is 0 Å². The van der Waals surface area contributed by atoms with E-state index >= 15 is 0 Å². The molecule has 0 radical (unpaired) electrons. The van der Waals surface area contributed by atoms with Gasteiger partial charge in [0.1, 0.15) is 0 Å². The van der Waals surface area contributed by atoms with Gasteiger partial charge in [-0.3, -0.25) is 0 Å². The molecule has 0 spiro atoms. The van der Waals surface area contributed by atoms with Gasteiger partial charge in [-0.15, -0.1) is 0 Å². The summed E-state index contributed by atoms with van der Waals surface area (Å²) in [7, 11) is 1.95. The van der Waals surface area contributed by atoms with E-state index in [9.17, 15) is 0 Å². The van der Waals surface area contributed by atoms with Gasteiger partial charge in [-0.05, 0) is 46.9 Å². The maximum Gasteiger partial charge on any atom is 0.0434 e. The summed E-state index contributed by atoms with van der Waals surface area (Å²) < 4.78 is 0. The van der Waals surface area contributed by atoms with Crippen molar-refractivity contribution >= 4 is 16.5 Å². The summed E-state index contributed by atoms with van der Waals surface area (Å²) in [6, 6.07) is 21.3. The van der Waals surface area contributed by atoms with Gasteiger partial charge in [0.05, 0.1) is 0 Å². The van der Waals surface area contributed by atoms with Gasteiger partial charge in [0, 0.05) is 24.9 Å². The highest BCUT2D eigenvalue weighted by molar-refractivity contribution is 5.90. The van der Waals surface area contributed by atoms with Crippen molar-refractivity contribution in [2.24, 2.45) is 0 Å². The minimum atomic E-state index is 0.223. The van der Waals surface area contributed by atoms with E-state index in [1.807, 2.05) is 7.05 Å². The van der Waals surface area contributed by atoms with Gasteiger partial charge >= 0.3 is 0 Å². The zero-order valence-electron chi connectivity index (χ0n) is 12.8. The van der Waals surface area contributed by atoms with Crippen LogP contribution in [-0.4, -0.2) is 18.8 Å². The maximum absolute atomic E-state index is 9.14. The van der Waals surface area contributed by atoms with Crippen LogP contribution < -0.4 is 5.32 Å². The Morgan fingerprint density at radius 1 is 0.909 bits per heavy atom. The van der Waals surface area contributed by atoms with Crippen LogP contribution >= 0.6 is 0 Å². The van der Waals surface area contributed by atoms with Gasteiger partial charge in [-0.25, -0.2) is 0 Å². The second-order valence-corrected chi connectivity index (χ2v) is 5.48. The number of hydrogen-bond acceptors (Lipinski definition) is 2. The van der Waals surface area contributed by atoms with Crippen molar-refractivity contribution in [3.63, 3.8) is 0 Å². The summed E-state index contributed by atoms with van der Waals surface area (Å²) in [5.41, 5.74) is 4.86. The molecule has 0 amide bonds. The molecule has 3 aromatic carbocycles. The topological polar surface area (TPSA) is 32.3 Å². The number of rotatable bonds is 5. The van der Waals surface area contributed by atoms with E-state index in [1.165, 1.54) is 27.5 Å². The highest BCUT2D eigenvalue weighted by Gasteiger charge is 2.10. The predicted molar refractivity (Wildman–Crippen MR) is 94.3 cm³/mol. The number of anilines is 1. The Bertz CT molecular complexity index is 780. The third-order valence-corrected chi connectivity index (χ3v) is 4.06. The Kier molecular flexibility index (Phi) is 4.40. The fourth-order valence-electron chi connectivity index (χ4n) is 2.97. The highest BCUT2D eigenvalue weighted by atomic mass is 16.2. The molecule has 0 aliphatic carbocycles. The predicted octanol–water partition coefficient (Wildman–Crippen LogP) is 4.47. The molecule has 112 valence electrons. The molecule has 0 aliphatic heterocycles. The van der Waals surface area contributed by atoms with Gasteiger partial charge in [0.2, 0.25) is 0 Å². The van der Waals surface area contributed by atoms with Gasteiger partial charge in [-0.2, -0.15) is 0 Å². The smallest absolute Gasteiger partial charge is 0.0434 e. The van der Waals surface area contributed by atoms with E-state index in [4.69, 9.17) is 5.11 Å². The van der Waals surface area contributed by atoms with Crippen LogP contribution in [0, 0.1) is 0 Å².